The lowest BCUT2D eigenvalue weighted by Gasteiger charge is -2.35. The van der Waals surface area contributed by atoms with Gasteiger partial charge in [-0.3, -0.25) is 29.4 Å². The van der Waals surface area contributed by atoms with E-state index in [1.54, 1.807) is 14.1 Å². The standard InChI is InChI=1S/C21H28N4O5/c1-23(13-26)18-11-15(14-7-9-25(10-8-14)12-20(28)29)3-4-16(18)24(2)17-5-6-19(27)22-21(17)30/h3-4,11,13-14,17H,5-10,12H2,1-2H3,(H,28,29)(H,22,27,30). The number of hydrogen-bond acceptors (Lipinski definition) is 6. The normalized spacial score (nSPS) is 20.5. The first-order valence-corrected chi connectivity index (χ1v) is 10.1. The van der Waals surface area contributed by atoms with Gasteiger partial charge in [0.15, 0.2) is 0 Å². The van der Waals surface area contributed by atoms with Crippen molar-refractivity contribution in [3.63, 3.8) is 0 Å². The van der Waals surface area contributed by atoms with Gasteiger partial charge in [0.1, 0.15) is 6.04 Å². The highest BCUT2D eigenvalue weighted by Gasteiger charge is 2.31. The third-order valence-electron chi connectivity index (χ3n) is 6.01. The molecule has 9 heteroatoms. The molecule has 30 heavy (non-hydrogen) atoms. The number of anilines is 2. The van der Waals surface area contributed by atoms with Crippen molar-refractivity contribution in [3.8, 4) is 0 Å². The number of carbonyl (C=O) groups excluding carboxylic acids is 3. The van der Waals surface area contributed by atoms with Crippen LogP contribution in [0.3, 0.4) is 0 Å². The molecule has 162 valence electrons. The number of piperidine rings is 2. The highest BCUT2D eigenvalue weighted by molar-refractivity contribution is 6.02. The molecule has 1 unspecified atom stereocenters. The average molecular weight is 416 g/mol. The number of carbonyl (C=O) groups is 4. The summed E-state index contributed by atoms with van der Waals surface area (Å²) in [5.41, 5.74) is 2.53. The van der Waals surface area contributed by atoms with Gasteiger partial charge in [-0.15, -0.1) is 0 Å². The summed E-state index contributed by atoms with van der Waals surface area (Å²) in [4.78, 5) is 51.4. The Morgan fingerprint density at radius 3 is 2.50 bits per heavy atom. The number of benzene rings is 1. The molecule has 3 amide bonds. The van der Waals surface area contributed by atoms with Gasteiger partial charge >= 0.3 is 5.97 Å². The zero-order valence-corrected chi connectivity index (χ0v) is 17.3. The summed E-state index contributed by atoms with van der Waals surface area (Å²) in [6.07, 6.45) is 3.14. The monoisotopic (exact) mass is 416 g/mol. The lowest BCUT2D eigenvalue weighted by Crippen LogP contribution is -2.51. The van der Waals surface area contributed by atoms with Gasteiger partial charge < -0.3 is 14.9 Å². The molecule has 9 nitrogen and oxygen atoms in total. The Hall–Kier alpha value is -2.94. The van der Waals surface area contributed by atoms with Crippen molar-refractivity contribution in [2.24, 2.45) is 0 Å². The summed E-state index contributed by atoms with van der Waals surface area (Å²) in [7, 11) is 3.46. The van der Waals surface area contributed by atoms with Crippen LogP contribution in [0.25, 0.3) is 0 Å². The van der Waals surface area contributed by atoms with E-state index >= 15 is 0 Å². The Morgan fingerprint density at radius 2 is 1.90 bits per heavy atom. The summed E-state index contributed by atoms with van der Waals surface area (Å²) < 4.78 is 0. The van der Waals surface area contributed by atoms with Crippen molar-refractivity contribution in [1.82, 2.24) is 10.2 Å². The number of imide groups is 1. The first kappa shape index (κ1) is 21.8. The zero-order chi connectivity index (χ0) is 21.8. The molecular formula is C21H28N4O5. The Kier molecular flexibility index (Phi) is 6.71. The van der Waals surface area contributed by atoms with Crippen molar-refractivity contribution in [3.05, 3.63) is 23.8 Å². The molecule has 0 bridgehead atoms. The number of carboxylic acid groups (broad SMARTS) is 1. The largest absolute Gasteiger partial charge is 0.480 e. The quantitative estimate of drug-likeness (QED) is 0.499. The number of aliphatic carboxylic acids is 1. The third kappa shape index (κ3) is 4.79. The number of nitrogens with one attached hydrogen (secondary N) is 1. The Bertz CT molecular complexity index is 835. The first-order chi connectivity index (χ1) is 14.3. The lowest BCUT2D eigenvalue weighted by molar-refractivity contribution is -0.138. The van der Waals surface area contributed by atoms with E-state index in [1.165, 1.54) is 4.90 Å². The molecule has 2 N–H and O–H groups in total. The molecule has 0 aromatic heterocycles. The molecule has 1 atom stereocenters. The van der Waals surface area contributed by atoms with Gasteiger partial charge in [-0.1, -0.05) is 6.07 Å². The highest BCUT2D eigenvalue weighted by atomic mass is 16.4. The molecular weight excluding hydrogens is 388 g/mol. The van der Waals surface area contributed by atoms with E-state index < -0.39 is 12.0 Å². The van der Waals surface area contributed by atoms with Gasteiger partial charge in [-0.25, -0.2) is 0 Å². The number of likely N-dealkylation sites (N-methyl/N-ethyl adjacent to an activating group) is 1. The predicted molar refractivity (Wildman–Crippen MR) is 112 cm³/mol. The molecule has 2 aliphatic heterocycles. The van der Waals surface area contributed by atoms with Crippen molar-refractivity contribution in [1.29, 1.82) is 0 Å². The molecule has 2 fully saturated rings. The highest BCUT2D eigenvalue weighted by Crippen LogP contribution is 2.36. The van der Waals surface area contributed by atoms with Crippen LogP contribution < -0.4 is 15.1 Å². The minimum absolute atomic E-state index is 0.0571. The van der Waals surface area contributed by atoms with Crippen molar-refractivity contribution >= 4 is 35.6 Å². The molecule has 1 aromatic rings. The molecule has 3 rings (SSSR count). The molecule has 0 radical (unpaired) electrons. The van der Waals surface area contributed by atoms with Gasteiger partial charge in [-0.05, 0) is 56.0 Å². The Balaban J connectivity index is 1.81. The van der Waals surface area contributed by atoms with Gasteiger partial charge in [0.05, 0.1) is 17.9 Å². The summed E-state index contributed by atoms with van der Waals surface area (Å²) in [6, 6.07) is 5.42. The van der Waals surface area contributed by atoms with Gasteiger partial charge in [0.25, 0.3) is 0 Å². The number of amides is 3. The van der Waals surface area contributed by atoms with E-state index in [9.17, 15) is 19.2 Å². The number of nitrogens with zero attached hydrogens (tertiary/aromatic N) is 3. The number of likely N-dealkylation sites (tertiary alicyclic amines) is 1. The van der Waals surface area contributed by atoms with Crippen LogP contribution in [-0.2, 0) is 19.2 Å². The minimum atomic E-state index is -0.816. The SMILES string of the molecule is CN(C=O)c1cc(C2CCN(CC(=O)O)CC2)ccc1N(C)C1CCC(=O)NC1=O. The van der Waals surface area contributed by atoms with Crippen molar-refractivity contribution in [2.45, 2.75) is 37.6 Å². The van der Waals surface area contributed by atoms with E-state index in [0.29, 0.717) is 25.2 Å². The van der Waals surface area contributed by atoms with Gasteiger partial charge in [0.2, 0.25) is 18.2 Å². The second-order valence-electron chi connectivity index (χ2n) is 7.99. The fraction of sp³-hybridized carbons (Fsp3) is 0.524. The van der Waals surface area contributed by atoms with Crippen LogP contribution in [0.4, 0.5) is 11.4 Å². The summed E-state index contributed by atoms with van der Waals surface area (Å²) in [5.74, 6) is -1.13. The summed E-state index contributed by atoms with van der Waals surface area (Å²) in [6.45, 7) is 1.49. The molecule has 0 spiro atoms. The predicted octanol–water partition coefficient (Wildman–Crippen LogP) is 0.785. The molecule has 0 aliphatic carbocycles. The van der Waals surface area contributed by atoms with Crippen LogP contribution in [0.5, 0.6) is 0 Å². The molecule has 0 saturated carbocycles. The lowest BCUT2D eigenvalue weighted by atomic mass is 9.88. The maximum absolute atomic E-state index is 12.3. The van der Waals surface area contributed by atoms with Crippen LogP contribution in [-0.4, -0.2) is 74.0 Å². The van der Waals surface area contributed by atoms with Gasteiger partial charge in [-0.2, -0.15) is 0 Å². The van der Waals surface area contributed by atoms with Crippen molar-refractivity contribution < 1.29 is 24.3 Å². The number of rotatable bonds is 7. The minimum Gasteiger partial charge on any atom is -0.480 e. The topological polar surface area (TPSA) is 110 Å². The number of hydrogen-bond donors (Lipinski definition) is 2. The second kappa shape index (κ2) is 9.25. The van der Waals surface area contributed by atoms with Gasteiger partial charge in [0, 0.05) is 20.5 Å². The first-order valence-electron chi connectivity index (χ1n) is 10.1. The van der Waals surface area contributed by atoms with E-state index in [1.807, 2.05) is 28.0 Å². The molecule has 2 heterocycles. The molecule has 2 aliphatic rings. The molecule has 2 saturated heterocycles. The van der Waals surface area contributed by atoms with E-state index in [2.05, 4.69) is 5.32 Å². The average Bonchev–Trinajstić information content (AvgIpc) is 2.72. The van der Waals surface area contributed by atoms with Crippen LogP contribution >= 0.6 is 0 Å². The Morgan fingerprint density at radius 1 is 1.20 bits per heavy atom. The van der Waals surface area contributed by atoms with E-state index in [-0.39, 0.29) is 30.7 Å². The third-order valence-corrected chi connectivity index (χ3v) is 6.01. The van der Waals surface area contributed by atoms with E-state index in [0.717, 1.165) is 30.5 Å². The fourth-order valence-electron chi connectivity index (χ4n) is 4.27. The van der Waals surface area contributed by atoms with Crippen molar-refractivity contribution in [2.75, 3.05) is 43.5 Å². The maximum Gasteiger partial charge on any atom is 0.317 e. The summed E-state index contributed by atoms with van der Waals surface area (Å²) in [5, 5.41) is 11.3. The van der Waals surface area contributed by atoms with Crippen LogP contribution in [0.1, 0.15) is 37.2 Å². The van der Waals surface area contributed by atoms with E-state index in [4.69, 9.17) is 5.11 Å². The number of carboxylic acids is 1. The summed E-state index contributed by atoms with van der Waals surface area (Å²) >= 11 is 0. The second-order valence-corrected chi connectivity index (χ2v) is 7.99. The van der Waals surface area contributed by atoms with Crippen LogP contribution in [0.15, 0.2) is 18.2 Å². The fourth-order valence-corrected chi connectivity index (χ4v) is 4.27. The zero-order valence-electron chi connectivity index (χ0n) is 17.3. The maximum atomic E-state index is 12.3. The smallest absolute Gasteiger partial charge is 0.317 e. The molecule has 1 aromatic carbocycles. The van der Waals surface area contributed by atoms with Crippen LogP contribution in [0.2, 0.25) is 0 Å². The Labute approximate surface area is 175 Å². The van der Waals surface area contributed by atoms with Crippen LogP contribution in [0, 0.1) is 0 Å².